The highest BCUT2D eigenvalue weighted by molar-refractivity contribution is 5.94. The zero-order valence-electron chi connectivity index (χ0n) is 17.9. The number of rotatable bonds is 5. The Labute approximate surface area is 185 Å². The van der Waals surface area contributed by atoms with Crippen LogP contribution in [0.1, 0.15) is 19.4 Å². The molecule has 2 aliphatic heterocycles. The van der Waals surface area contributed by atoms with E-state index in [1.54, 1.807) is 23.1 Å². The van der Waals surface area contributed by atoms with Gasteiger partial charge in [0.25, 0.3) is 0 Å². The zero-order valence-corrected chi connectivity index (χ0v) is 17.9. The largest absolute Gasteiger partial charge is 0.489 e. The summed E-state index contributed by atoms with van der Waals surface area (Å²) in [6, 6.07) is 14.4. The van der Waals surface area contributed by atoms with Crippen LogP contribution in [0.5, 0.6) is 5.75 Å². The molecule has 0 bridgehead atoms. The summed E-state index contributed by atoms with van der Waals surface area (Å²) < 4.78 is 16.7. The molecule has 1 N–H and O–H groups in total. The summed E-state index contributed by atoms with van der Waals surface area (Å²) in [6.45, 7) is 4.31. The summed E-state index contributed by atoms with van der Waals surface area (Å²) in [7, 11) is 0. The molecule has 2 aliphatic rings. The Morgan fingerprint density at radius 1 is 1.19 bits per heavy atom. The number of ether oxygens (including phenoxy) is 3. The Balaban J connectivity index is 1.47. The van der Waals surface area contributed by atoms with E-state index in [1.807, 2.05) is 37.3 Å². The van der Waals surface area contributed by atoms with Crippen molar-refractivity contribution >= 4 is 29.5 Å². The van der Waals surface area contributed by atoms with E-state index in [-0.39, 0.29) is 25.1 Å². The fraction of sp³-hybridized carbons (Fsp3) is 0.348. The van der Waals surface area contributed by atoms with E-state index in [0.29, 0.717) is 30.3 Å². The van der Waals surface area contributed by atoms with Gasteiger partial charge in [0.15, 0.2) is 0 Å². The number of cyclic esters (lactones) is 1. The maximum Gasteiger partial charge on any atom is 0.415 e. The highest BCUT2D eigenvalue weighted by Crippen LogP contribution is 2.38. The summed E-state index contributed by atoms with van der Waals surface area (Å²) in [6.07, 6.45) is -1.40. The monoisotopic (exact) mass is 439 g/mol. The molecule has 9 nitrogen and oxygen atoms in total. The first-order chi connectivity index (χ1) is 15.4. The first-order valence-electron chi connectivity index (χ1n) is 10.4. The first-order valence-corrected chi connectivity index (χ1v) is 10.4. The van der Waals surface area contributed by atoms with Crippen LogP contribution >= 0.6 is 0 Å². The molecule has 2 heterocycles. The van der Waals surface area contributed by atoms with Gasteiger partial charge in [0.1, 0.15) is 25.1 Å². The summed E-state index contributed by atoms with van der Waals surface area (Å²) in [5.74, 6) is 0.297. The molecule has 3 amide bonds. The van der Waals surface area contributed by atoms with Crippen molar-refractivity contribution in [1.82, 2.24) is 5.32 Å². The van der Waals surface area contributed by atoms with Gasteiger partial charge in [-0.3, -0.25) is 14.6 Å². The van der Waals surface area contributed by atoms with Crippen molar-refractivity contribution in [3.63, 3.8) is 0 Å². The number of nitrogens with zero attached hydrogens (tertiary/aromatic N) is 2. The third-order valence-electron chi connectivity index (χ3n) is 5.29. The molecule has 32 heavy (non-hydrogen) atoms. The topological polar surface area (TPSA) is 97.4 Å². The normalized spacial score (nSPS) is 19.6. The Kier molecular flexibility index (Phi) is 6.16. The summed E-state index contributed by atoms with van der Waals surface area (Å²) >= 11 is 0. The molecule has 0 saturated carbocycles. The molecular weight excluding hydrogens is 414 g/mol. The van der Waals surface area contributed by atoms with Crippen LogP contribution in [-0.4, -0.2) is 49.9 Å². The average Bonchev–Trinajstić information content (AvgIpc) is 3.17. The van der Waals surface area contributed by atoms with Crippen LogP contribution in [-0.2, 0) is 20.9 Å². The highest BCUT2D eigenvalue weighted by Gasteiger charge is 2.35. The van der Waals surface area contributed by atoms with Crippen molar-refractivity contribution in [1.29, 1.82) is 0 Å². The number of hydrogen-bond donors (Lipinski definition) is 1. The molecule has 1 saturated heterocycles. The minimum Gasteiger partial charge on any atom is -0.489 e. The molecule has 0 radical (unpaired) electrons. The van der Waals surface area contributed by atoms with E-state index in [1.165, 1.54) is 11.8 Å². The van der Waals surface area contributed by atoms with Crippen molar-refractivity contribution in [2.45, 2.75) is 32.6 Å². The van der Waals surface area contributed by atoms with E-state index in [2.05, 4.69) is 5.32 Å². The second-order valence-corrected chi connectivity index (χ2v) is 7.78. The average molecular weight is 439 g/mol. The smallest absolute Gasteiger partial charge is 0.415 e. The fourth-order valence-corrected chi connectivity index (χ4v) is 3.67. The number of benzene rings is 2. The molecule has 1 fully saturated rings. The molecule has 0 aromatic heterocycles. The number of fused-ring (bicyclic) bond motifs is 1. The van der Waals surface area contributed by atoms with E-state index in [9.17, 15) is 14.4 Å². The number of nitrogens with one attached hydrogen (secondary N) is 1. The van der Waals surface area contributed by atoms with Crippen LogP contribution in [0.15, 0.2) is 48.5 Å². The third-order valence-corrected chi connectivity index (χ3v) is 5.29. The number of carbonyl (C=O) groups is 3. The summed E-state index contributed by atoms with van der Waals surface area (Å²) in [5.41, 5.74) is 2.07. The maximum atomic E-state index is 12.8. The van der Waals surface area contributed by atoms with E-state index < -0.39 is 18.3 Å². The molecule has 0 unspecified atom stereocenters. The van der Waals surface area contributed by atoms with Crippen molar-refractivity contribution in [2.24, 2.45) is 0 Å². The SMILES string of the molecule is CC(=O)NC[C@H]1CN(c2ccc3c(c2)OC[C@@H](C)N3C(=O)OCc2ccccc2)C(=O)O1. The molecular formula is C23H25N3O6. The quantitative estimate of drug-likeness (QED) is 0.769. The minimum atomic E-state index is -0.497. The standard InChI is InChI=1S/C23H25N3O6/c1-15-13-30-21-10-18(25-12-19(32-22(25)28)11-24-16(2)27)8-9-20(21)26(15)23(29)31-14-17-6-4-3-5-7-17/h3-10,15,19H,11-14H2,1-2H3,(H,24,27)/t15-,19+/m1/s1. The van der Waals surface area contributed by atoms with Crippen molar-refractivity contribution in [2.75, 3.05) is 29.5 Å². The highest BCUT2D eigenvalue weighted by atomic mass is 16.6. The molecule has 0 spiro atoms. The van der Waals surface area contributed by atoms with Gasteiger partial charge in [0.2, 0.25) is 5.91 Å². The van der Waals surface area contributed by atoms with Crippen LogP contribution < -0.4 is 19.9 Å². The van der Waals surface area contributed by atoms with E-state index >= 15 is 0 Å². The summed E-state index contributed by atoms with van der Waals surface area (Å²) in [4.78, 5) is 39.3. The number of anilines is 2. The van der Waals surface area contributed by atoms with Gasteiger partial charge >= 0.3 is 12.2 Å². The van der Waals surface area contributed by atoms with Crippen LogP contribution in [0.3, 0.4) is 0 Å². The van der Waals surface area contributed by atoms with Gasteiger partial charge in [-0.2, -0.15) is 0 Å². The molecule has 4 rings (SSSR count). The van der Waals surface area contributed by atoms with Gasteiger partial charge in [0.05, 0.1) is 30.5 Å². The van der Waals surface area contributed by atoms with Gasteiger partial charge in [-0.15, -0.1) is 0 Å². The third kappa shape index (κ3) is 4.61. The van der Waals surface area contributed by atoms with Crippen LogP contribution in [0, 0.1) is 0 Å². The first kappa shape index (κ1) is 21.5. The van der Waals surface area contributed by atoms with Crippen molar-refractivity contribution < 1.29 is 28.6 Å². The number of hydrogen-bond acceptors (Lipinski definition) is 6. The lowest BCUT2D eigenvalue weighted by Crippen LogP contribution is -2.45. The van der Waals surface area contributed by atoms with Gasteiger partial charge in [-0.1, -0.05) is 30.3 Å². The fourth-order valence-electron chi connectivity index (χ4n) is 3.67. The summed E-state index contributed by atoms with van der Waals surface area (Å²) in [5, 5.41) is 2.65. The molecule has 0 aliphatic carbocycles. The lowest BCUT2D eigenvalue weighted by molar-refractivity contribution is -0.119. The van der Waals surface area contributed by atoms with Gasteiger partial charge in [-0.25, -0.2) is 9.59 Å². The predicted molar refractivity (Wildman–Crippen MR) is 117 cm³/mol. The maximum absolute atomic E-state index is 12.8. The molecule has 168 valence electrons. The molecule has 2 aromatic rings. The van der Waals surface area contributed by atoms with Crippen molar-refractivity contribution in [3.8, 4) is 5.75 Å². The Bertz CT molecular complexity index is 1010. The lowest BCUT2D eigenvalue weighted by atomic mass is 10.1. The minimum absolute atomic E-state index is 0.173. The van der Waals surface area contributed by atoms with Crippen LogP contribution in [0.2, 0.25) is 0 Å². The lowest BCUT2D eigenvalue weighted by Gasteiger charge is -2.34. The van der Waals surface area contributed by atoms with E-state index in [4.69, 9.17) is 14.2 Å². The second-order valence-electron chi connectivity index (χ2n) is 7.78. The Hall–Kier alpha value is -3.75. The van der Waals surface area contributed by atoms with Gasteiger partial charge in [0, 0.05) is 13.0 Å². The Morgan fingerprint density at radius 3 is 2.72 bits per heavy atom. The number of amides is 3. The predicted octanol–water partition coefficient (Wildman–Crippen LogP) is 3.07. The van der Waals surface area contributed by atoms with Gasteiger partial charge in [-0.05, 0) is 24.6 Å². The number of carbonyl (C=O) groups excluding carboxylic acids is 3. The van der Waals surface area contributed by atoms with Crippen LogP contribution in [0.25, 0.3) is 0 Å². The van der Waals surface area contributed by atoms with Crippen molar-refractivity contribution in [3.05, 3.63) is 54.1 Å². The molecule has 2 aromatic carbocycles. The molecule has 9 heteroatoms. The van der Waals surface area contributed by atoms with Gasteiger partial charge < -0.3 is 19.5 Å². The zero-order chi connectivity index (χ0) is 22.7. The van der Waals surface area contributed by atoms with E-state index in [0.717, 1.165) is 5.56 Å². The second kappa shape index (κ2) is 9.17. The Morgan fingerprint density at radius 2 is 1.97 bits per heavy atom. The van der Waals surface area contributed by atoms with Crippen LogP contribution in [0.4, 0.5) is 21.0 Å². The molecule has 2 atom stereocenters.